The van der Waals surface area contributed by atoms with Crippen molar-refractivity contribution >= 4 is 22.7 Å². The maximum Gasteiger partial charge on any atom is 0.296 e. The molecule has 6 heteroatoms. The van der Waals surface area contributed by atoms with Crippen LogP contribution >= 0.6 is 0 Å². The van der Waals surface area contributed by atoms with Gasteiger partial charge in [-0.05, 0) is 61.4 Å². The van der Waals surface area contributed by atoms with Crippen molar-refractivity contribution in [2.24, 2.45) is 0 Å². The first kappa shape index (κ1) is 19.1. The molecule has 1 aliphatic rings. The Morgan fingerprint density at radius 3 is 2.71 bits per heavy atom. The largest absolute Gasteiger partial charge is 0.494 e. The lowest BCUT2D eigenvalue weighted by molar-refractivity contribution is 0.0970. The molecule has 1 atom stereocenters. The van der Waals surface area contributed by atoms with Gasteiger partial charge in [0.05, 0.1) is 23.6 Å². The number of nitrogens with zero attached hydrogens (tertiary/aromatic N) is 2. The molecule has 2 aromatic carbocycles. The van der Waals surface area contributed by atoms with Gasteiger partial charge in [0.2, 0.25) is 5.76 Å². The van der Waals surface area contributed by atoms with Crippen molar-refractivity contribution in [1.82, 2.24) is 4.98 Å². The third-order valence-electron chi connectivity index (χ3n) is 5.41. The molecule has 2 aromatic heterocycles. The molecule has 3 heterocycles. The number of aryl methyl sites for hydroxylation is 1. The number of amides is 1. The molecule has 0 saturated carbocycles. The van der Waals surface area contributed by atoms with Gasteiger partial charge in [-0.25, -0.2) is 4.98 Å². The normalized spacial score (nSPS) is 15.4. The van der Waals surface area contributed by atoms with Crippen molar-refractivity contribution in [3.63, 3.8) is 0 Å². The van der Waals surface area contributed by atoms with E-state index in [0.717, 1.165) is 11.1 Å². The van der Waals surface area contributed by atoms with E-state index in [-0.39, 0.29) is 17.1 Å². The minimum atomic E-state index is -0.668. The smallest absolute Gasteiger partial charge is 0.296 e. The highest BCUT2D eigenvalue weighted by molar-refractivity contribution is 6.10. The SMILES string of the molecule is CCOc1cccc([C@H]2c3c(oc4ccccc4c3=O)C(=O)N2c2cc(C)ccn2)c1. The summed E-state index contributed by atoms with van der Waals surface area (Å²) in [6, 6.07) is 17.4. The second-order valence-electron chi connectivity index (χ2n) is 7.44. The van der Waals surface area contributed by atoms with Crippen LogP contribution in [0.4, 0.5) is 5.82 Å². The van der Waals surface area contributed by atoms with E-state index in [2.05, 4.69) is 4.98 Å². The minimum absolute atomic E-state index is 0.0545. The highest BCUT2D eigenvalue weighted by Gasteiger charge is 2.44. The van der Waals surface area contributed by atoms with E-state index in [4.69, 9.17) is 9.15 Å². The highest BCUT2D eigenvalue weighted by atomic mass is 16.5. The molecule has 0 saturated heterocycles. The number of pyridine rings is 1. The molecule has 0 bridgehead atoms. The van der Waals surface area contributed by atoms with Crippen LogP contribution < -0.4 is 15.1 Å². The summed E-state index contributed by atoms with van der Waals surface area (Å²) in [5, 5.41) is 0.444. The summed E-state index contributed by atoms with van der Waals surface area (Å²) < 4.78 is 11.6. The van der Waals surface area contributed by atoms with Gasteiger partial charge in [-0.15, -0.1) is 0 Å². The molecular weight excluding hydrogens is 392 g/mol. The zero-order valence-corrected chi connectivity index (χ0v) is 17.2. The van der Waals surface area contributed by atoms with Gasteiger partial charge in [-0.3, -0.25) is 14.5 Å². The van der Waals surface area contributed by atoms with Crippen LogP contribution in [0.1, 0.15) is 40.2 Å². The number of benzene rings is 2. The molecule has 31 heavy (non-hydrogen) atoms. The van der Waals surface area contributed by atoms with Crippen molar-refractivity contribution in [1.29, 1.82) is 0 Å². The topological polar surface area (TPSA) is 72.6 Å². The Morgan fingerprint density at radius 1 is 1.06 bits per heavy atom. The highest BCUT2D eigenvalue weighted by Crippen LogP contribution is 2.41. The summed E-state index contributed by atoms with van der Waals surface area (Å²) in [6.07, 6.45) is 1.65. The molecular formula is C25H20N2O4. The fourth-order valence-electron chi connectivity index (χ4n) is 4.06. The van der Waals surface area contributed by atoms with Crippen molar-refractivity contribution in [3.05, 3.63) is 99.5 Å². The van der Waals surface area contributed by atoms with Crippen molar-refractivity contribution in [3.8, 4) is 5.75 Å². The van der Waals surface area contributed by atoms with Crippen LogP contribution in [0.5, 0.6) is 5.75 Å². The predicted molar refractivity (Wildman–Crippen MR) is 118 cm³/mol. The number of rotatable bonds is 4. The molecule has 1 aliphatic heterocycles. The summed E-state index contributed by atoms with van der Waals surface area (Å²) in [5.41, 5.74) is 2.21. The fraction of sp³-hybridized carbons (Fsp3) is 0.160. The molecule has 0 N–H and O–H groups in total. The lowest BCUT2D eigenvalue weighted by Gasteiger charge is -2.24. The first-order valence-electron chi connectivity index (χ1n) is 10.1. The summed E-state index contributed by atoms with van der Waals surface area (Å²) in [7, 11) is 0. The lowest BCUT2D eigenvalue weighted by Crippen LogP contribution is -2.30. The minimum Gasteiger partial charge on any atom is -0.494 e. The Hall–Kier alpha value is -3.93. The van der Waals surface area contributed by atoms with Crippen LogP contribution in [-0.4, -0.2) is 17.5 Å². The number of hydrogen-bond donors (Lipinski definition) is 0. The molecule has 0 aliphatic carbocycles. The quantitative estimate of drug-likeness (QED) is 0.488. The van der Waals surface area contributed by atoms with E-state index >= 15 is 0 Å². The maximum atomic E-state index is 13.5. The Bertz CT molecular complexity index is 1380. The average molecular weight is 412 g/mol. The van der Waals surface area contributed by atoms with Crippen molar-refractivity contribution in [2.45, 2.75) is 19.9 Å². The van der Waals surface area contributed by atoms with Crippen LogP contribution in [-0.2, 0) is 0 Å². The molecule has 6 nitrogen and oxygen atoms in total. The Kier molecular flexibility index (Phi) is 4.55. The van der Waals surface area contributed by atoms with E-state index in [1.54, 1.807) is 30.5 Å². The second-order valence-corrected chi connectivity index (χ2v) is 7.44. The second kappa shape index (κ2) is 7.40. The van der Waals surface area contributed by atoms with Gasteiger partial charge >= 0.3 is 0 Å². The molecule has 154 valence electrons. The monoisotopic (exact) mass is 412 g/mol. The summed E-state index contributed by atoms with van der Waals surface area (Å²) in [6.45, 7) is 4.35. The van der Waals surface area contributed by atoms with Gasteiger partial charge < -0.3 is 9.15 Å². The lowest BCUT2D eigenvalue weighted by atomic mass is 9.98. The van der Waals surface area contributed by atoms with E-state index in [9.17, 15) is 9.59 Å². The fourth-order valence-corrected chi connectivity index (χ4v) is 4.06. The summed E-state index contributed by atoms with van der Waals surface area (Å²) in [4.78, 5) is 33.0. The third kappa shape index (κ3) is 3.08. The van der Waals surface area contributed by atoms with Crippen molar-refractivity contribution < 1.29 is 13.9 Å². The first-order chi connectivity index (χ1) is 15.1. The van der Waals surface area contributed by atoms with Crippen molar-refractivity contribution in [2.75, 3.05) is 11.5 Å². The van der Waals surface area contributed by atoms with Crippen LogP contribution in [0.25, 0.3) is 11.0 Å². The molecule has 4 aromatic rings. The van der Waals surface area contributed by atoms with Crippen LogP contribution in [0.2, 0.25) is 0 Å². The van der Waals surface area contributed by atoms with E-state index < -0.39 is 6.04 Å². The zero-order chi connectivity index (χ0) is 21.5. The number of fused-ring (bicyclic) bond motifs is 2. The maximum absolute atomic E-state index is 13.5. The van der Waals surface area contributed by atoms with Gasteiger partial charge in [-0.2, -0.15) is 0 Å². The predicted octanol–water partition coefficient (Wildman–Crippen LogP) is 4.64. The number of hydrogen-bond acceptors (Lipinski definition) is 5. The molecule has 1 amide bonds. The summed E-state index contributed by atoms with van der Waals surface area (Å²) >= 11 is 0. The molecule has 0 radical (unpaired) electrons. The van der Waals surface area contributed by atoms with Gasteiger partial charge in [0.15, 0.2) is 5.43 Å². The number of ether oxygens (including phenoxy) is 1. The zero-order valence-electron chi connectivity index (χ0n) is 17.2. The van der Waals surface area contributed by atoms with Crippen LogP contribution in [0, 0.1) is 6.92 Å². The molecule has 0 fully saturated rings. The number of carbonyl (C=O) groups excluding carboxylic acids is 1. The van der Waals surface area contributed by atoms with Gasteiger partial charge in [0.1, 0.15) is 17.2 Å². The molecule has 0 spiro atoms. The van der Waals surface area contributed by atoms with E-state index in [1.165, 1.54) is 4.90 Å². The number of anilines is 1. The Morgan fingerprint density at radius 2 is 1.90 bits per heavy atom. The van der Waals surface area contributed by atoms with Gasteiger partial charge in [-0.1, -0.05) is 24.3 Å². The number of carbonyl (C=O) groups is 1. The van der Waals surface area contributed by atoms with Crippen LogP contribution in [0.15, 0.2) is 76.1 Å². The van der Waals surface area contributed by atoms with Crippen LogP contribution in [0.3, 0.4) is 0 Å². The van der Waals surface area contributed by atoms with E-state index in [0.29, 0.717) is 34.7 Å². The first-order valence-corrected chi connectivity index (χ1v) is 10.1. The molecule has 0 unspecified atom stereocenters. The molecule has 5 rings (SSSR count). The Balaban J connectivity index is 1.80. The van der Waals surface area contributed by atoms with Gasteiger partial charge in [0, 0.05) is 6.20 Å². The average Bonchev–Trinajstić information content (AvgIpc) is 3.07. The van der Waals surface area contributed by atoms with E-state index in [1.807, 2.05) is 50.2 Å². The number of para-hydroxylation sites is 1. The Labute approximate surface area is 178 Å². The number of aromatic nitrogens is 1. The standard InChI is InChI=1S/C25H20N2O4/c1-3-30-17-8-6-7-16(14-17)22-21-23(28)18-9-4-5-10-19(18)31-24(21)25(29)27(22)20-13-15(2)11-12-26-20/h4-14,22H,3H2,1-2H3/t22-/m0/s1. The summed E-state index contributed by atoms with van der Waals surface area (Å²) in [5.74, 6) is 0.802. The van der Waals surface area contributed by atoms with Gasteiger partial charge in [0.25, 0.3) is 5.91 Å². The third-order valence-corrected chi connectivity index (χ3v) is 5.41.